The quantitative estimate of drug-likeness (QED) is 0.371. The van der Waals surface area contributed by atoms with E-state index in [-0.39, 0.29) is 24.9 Å². The van der Waals surface area contributed by atoms with Crippen molar-refractivity contribution < 1.29 is 29.0 Å². The summed E-state index contributed by atoms with van der Waals surface area (Å²) in [5.41, 5.74) is 4.52. The van der Waals surface area contributed by atoms with Gasteiger partial charge < -0.3 is 25.2 Å². The maximum Gasteiger partial charge on any atom is 0.407 e. The van der Waals surface area contributed by atoms with E-state index in [0.717, 1.165) is 41.5 Å². The number of benzene rings is 2. The van der Waals surface area contributed by atoms with Crippen molar-refractivity contribution in [1.82, 2.24) is 10.6 Å². The molecule has 2 aromatic carbocycles. The second-order valence-corrected chi connectivity index (χ2v) is 8.74. The second kappa shape index (κ2) is 12.9. The highest BCUT2D eigenvalue weighted by Crippen LogP contribution is 2.44. The summed E-state index contributed by atoms with van der Waals surface area (Å²) in [7, 11) is 1.48. The molecule has 8 heteroatoms. The van der Waals surface area contributed by atoms with Gasteiger partial charge in [0.2, 0.25) is 5.91 Å². The van der Waals surface area contributed by atoms with Gasteiger partial charge in [-0.25, -0.2) is 4.79 Å². The Bertz CT molecular complexity index is 979. The molecule has 1 aliphatic carbocycles. The largest absolute Gasteiger partial charge is 0.481 e. The minimum Gasteiger partial charge on any atom is -0.481 e. The fourth-order valence-corrected chi connectivity index (χ4v) is 4.38. The molecule has 1 aliphatic rings. The summed E-state index contributed by atoms with van der Waals surface area (Å²) in [6, 6.07) is 15.3. The predicted octanol–water partition coefficient (Wildman–Crippen LogP) is 4.08. The molecule has 2 amide bonds. The van der Waals surface area contributed by atoms with Gasteiger partial charge in [-0.1, -0.05) is 61.4 Å². The van der Waals surface area contributed by atoms with Crippen molar-refractivity contribution in [3.05, 3.63) is 59.7 Å². The summed E-state index contributed by atoms with van der Waals surface area (Å²) in [4.78, 5) is 35.9. The van der Waals surface area contributed by atoms with Crippen molar-refractivity contribution in [2.75, 3.05) is 20.3 Å². The molecule has 0 saturated heterocycles. The van der Waals surface area contributed by atoms with Crippen LogP contribution < -0.4 is 10.6 Å². The van der Waals surface area contributed by atoms with Gasteiger partial charge in [-0.05, 0) is 42.0 Å². The summed E-state index contributed by atoms with van der Waals surface area (Å²) in [6.07, 6.45) is 1.88. The number of hydrogen-bond donors (Lipinski definition) is 3. The fraction of sp³-hybridized carbons (Fsp3) is 0.444. The number of alkyl carbamates (subject to hydrolysis) is 1. The molecule has 0 radical (unpaired) electrons. The number of unbranched alkanes of at least 4 members (excludes halogenated alkanes) is 3. The molecule has 0 aliphatic heterocycles. The van der Waals surface area contributed by atoms with Crippen LogP contribution in [-0.4, -0.2) is 55.5 Å². The SMILES string of the molecule is COC(C)C(NC(=O)OCC1c2ccccc2-c2ccccc21)C(=O)NCCCCCCC(=O)O. The minimum atomic E-state index is -0.900. The number of nitrogens with one attached hydrogen (secondary N) is 2. The molecular formula is C27H34N2O6. The van der Waals surface area contributed by atoms with E-state index in [2.05, 4.69) is 22.8 Å². The molecule has 0 saturated carbocycles. The fourth-order valence-electron chi connectivity index (χ4n) is 4.38. The van der Waals surface area contributed by atoms with E-state index in [1.807, 2.05) is 36.4 Å². The molecule has 8 nitrogen and oxygen atoms in total. The number of aliphatic carboxylic acids is 1. The van der Waals surface area contributed by atoms with Crippen LogP contribution in [0.1, 0.15) is 56.1 Å². The Hall–Kier alpha value is -3.39. The number of carbonyl (C=O) groups is 3. The van der Waals surface area contributed by atoms with Crippen LogP contribution >= 0.6 is 0 Å². The average Bonchev–Trinajstić information content (AvgIpc) is 3.18. The van der Waals surface area contributed by atoms with E-state index in [9.17, 15) is 14.4 Å². The van der Waals surface area contributed by atoms with E-state index in [1.165, 1.54) is 7.11 Å². The van der Waals surface area contributed by atoms with Gasteiger partial charge in [0, 0.05) is 26.0 Å². The summed E-state index contributed by atoms with van der Waals surface area (Å²) < 4.78 is 10.9. The van der Waals surface area contributed by atoms with Crippen LogP contribution in [-0.2, 0) is 19.1 Å². The highest BCUT2D eigenvalue weighted by atomic mass is 16.5. The first-order valence-electron chi connectivity index (χ1n) is 12.1. The Kier molecular flexibility index (Phi) is 9.66. The lowest BCUT2D eigenvalue weighted by Gasteiger charge is -2.23. The van der Waals surface area contributed by atoms with Gasteiger partial charge >= 0.3 is 12.1 Å². The molecule has 35 heavy (non-hydrogen) atoms. The molecule has 0 fully saturated rings. The number of rotatable bonds is 13. The number of fused-ring (bicyclic) bond motifs is 3. The van der Waals surface area contributed by atoms with Crippen LogP contribution in [0.25, 0.3) is 11.1 Å². The first-order valence-corrected chi connectivity index (χ1v) is 12.1. The van der Waals surface area contributed by atoms with Crippen LogP contribution in [0, 0.1) is 0 Å². The monoisotopic (exact) mass is 482 g/mol. The first kappa shape index (κ1) is 26.2. The number of methoxy groups -OCH3 is 1. The Morgan fingerprint density at radius 3 is 2.14 bits per heavy atom. The average molecular weight is 483 g/mol. The molecular weight excluding hydrogens is 448 g/mol. The smallest absolute Gasteiger partial charge is 0.407 e. The zero-order valence-corrected chi connectivity index (χ0v) is 20.3. The summed E-state index contributed by atoms with van der Waals surface area (Å²) >= 11 is 0. The summed E-state index contributed by atoms with van der Waals surface area (Å²) in [6.45, 7) is 2.30. The lowest BCUT2D eigenvalue weighted by atomic mass is 9.98. The van der Waals surface area contributed by atoms with Gasteiger partial charge in [-0.3, -0.25) is 9.59 Å². The van der Waals surface area contributed by atoms with Crippen LogP contribution in [0.15, 0.2) is 48.5 Å². The highest BCUT2D eigenvalue weighted by molar-refractivity contribution is 5.86. The lowest BCUT2D eigenvalue weighted by Crippen LogP contribution is -2.53. The molecule has 2 atom stereocenters. The zero-order chi connectivity index (χ0) is 25.2. The summed E-state index contributed by atoms with van der Waals surface area (Å²) in [5, 5.41) is 14.1. The van der Waals surface area contributed by atoms with Gasteiger partial charge in [0.25, 0.3) is 0 Å². The Morgan fingerprint density at radius 2 is 1.54 bits per heavy atom. The van der Waals surface area contributed by atoms with Gasteiger partial charge in [0.05, 0.1) is 6.10 Å². The van der Waals surface area contributed by atoms with Crippen LogP contribution in [0.3, 0.4) is 0 Å². The Balaban J connectivity index is 1.51. The molecule has 0 spiro atoms. The molecule has 0 aromatic heterocycles. The molecule has 3 N–H and O–H groups in total. The van der Waals surface area contributed by atoms with Crippen LogP contribution in [0.5, 0.6) is 0 Å². The van der Waals surface area contributed by atoms with Crippen molar-refractivity contribution in [1.29, 1.82) is 0 Å². The third kappa shape index (κ3) is 7.05. The van der Waals surface area contributed by atoms with Crippen molar-refractivity contribution in [2.24, 2.45) is 0 Å². The van der Waals surface area contributed by atoms with Gasteiger partial charge in [-0.15, -0.1) is 0 Å². The normalized spacial score (nSPS) is 13.9. The Morgan fingerprint density at radius 1 is 0.943 bits per heavy atom. The number of hydrogen-bond acceptors (Lipinski definition) is 5. The highest BCUT2D eigenvalue weighted by Gasteiger charge is 2.31. The van der Waals surface area contributed by atoms with E-state index >= 15 is 0 Å². The number of carbonyl (C=O) groups excluding carboxylic acids is 2. The van der Waals surface area contributed by atoms with E-state index in [1.54, 1.807) is 6.92 Å². The second-order valence-electron chi connectivity index (χ2n) is 8.74. The van der Waals surface area contributed by atoms with Crippen molar-refractivity contribution >= 4 is 18.0 Å². The van der Waals surface area contributed by atoms with Gasteiger partial charge in [0.1, 0.15) is 12.6 Å². The maximum absolute atomic E-state index is 12.7. The van der Waals surface area contributed by atoms with Gasteiger partial charge in [0.15, 0.2) is 0 Å². The predicted molar refractivity (Wildman–Crippen MR) is 132 cm³/mol. The third-order valence-electron chi connectivity index (χ3n) is 6.36. The standard InChI is InChI=1S/C27H34N2O6/c1-18(34-2)25(26(32)28-16-10-4-3-5-15-24(30)31)29-27(33)35-17-23-21-13-8-6-11-19(21)20-12-7-9-14-22(20)23/h6-9,11-14,18,23,25H,3-5,10,15-17H2,1-2H3,(H,28,32)(H,29,33)(H,30,31). The first-order chi connectivity index (χ1) is 16.9. The number of carboxylic acid groups (broad SMARTS) is 1. The lowest BCUT2D eigenvalue weighted by molar-refractivity contribution is -0.137. The van der Waals surface area contributed by atoms with E-state index in [0.29, 0.717) is 13.0 Å². The zero-order valence-electron chi connectivity index (χ0n) is 20.3. The van der Waals surface area contributed by atoms with Crippen molar-refractivity contribution in [2.45, 2.75) is 57.1 Å². The van der Waals surface area contributed by atoms with Crippen LogP contribution in [0.2, 0.25) is 0 Å². The topological polar surface area (TPSA) is 114 Å². The van der Waals surface area contributed by atoms with Crippen LogP contribution in [0.4, 0.5) is 4.79 Å². The molecule has 0 heterocycles. The number of carboxylic acids is 1. The minimum absolute atomic E-state index is 0.0681. The van der Waals surface area contributed by atoms with Crippen molar-refractivity contribution in [3.63, 3.8) is 0 Å². The molecule has 2 unspecified atom stereocenters. The van der Waals surface area contributed by atoms with E-state index < -0.39 is 24.2 Å². The Labute approximate surface area is 206 Å². The summed E-state index contributed by atoms with van der Waals surface area (Å²) in [5.74, 6) is -1.21. The molecule has 0 bridgehead atoms. The van der Waals surface area contributed by atoms with Gasteiger partial charge in [-0.2, -0.15) is 0 Å². The molecule has 188 valence electrons. The molecule has 3 rings (SSSR count). The molecule has 2 aromatic rings. The third-order valence-corrected chi connectivity index (χ3v) is 6.36. The van der Waals surface area contributed by atoms with E-state index in [4.69, 9.17) is 14.6 Å². The number of amides is 2. The maximum atomic E-state index is 12.7. The number of ether oxygens (including phenoxy) is 2. The van der Waals surface area contributed by atoms with Crippen molar-refractivity contribution in [3.8, 4) is 11.1 Å².